The van der Waals surface area contributed by atoms with Crippen LogP contribution < -0.4 is 5.32 Å². The van der Waals surface area contributed by atoms with E-state index in [0.29, 0.717) is 11.5 Å². The SMILES string of the molecule is CNC1CC(OCCC2CCC2)C12CCCCCC2. The van der Waals surface area contributed by atoms with Crippen molar-refractivity contribution in [2.75, 3.05) is 13.7 Å². The second-order valence-electron chi connectivity index (χ2n) is 7.17. The largest absolute Gasteiger partial charge is 0.378 e. The molecule has 3 saturated carbocycles. The van der Waals surface area contributed by atoms with Gasteiger partial charge in [0.15, 0.2) is 0 Å². The second-order valence-corrected chi connectivity index (χ2v) is 7.17. The average molecular weight is 265 g/mol. The van der Waals surface area contributed by atoms with E-state index in [-0.39, 0.29) is 0 Å². The van der Waals surface area contributed by atoms with Crippen LogP contribution in [-0.2, 0) is 4.74 Å². The summed E-state index contributed by atoms with van der Waals surface area (Å²) in [4.78, 5) is 0. The number of hydrogen-bond donors (Lipinski definition) is 1. The van der Waals surface area contributed by atoms with E-state index in [1.807, 2.05) is 0 Å². The lowest BCUT2D eigenvalue weighted by Gasteiger charge is -2.56. The van der Waals surface area contributed by atoms with Crippen LogP contribution >= 0.6 is 0 Å². The fourth-order valence-electron chi connectivity index (χ4n) is 4.60. The number of nitrogens with one attached hydrogen (secondary N) is 1. The van der Waals surface area contributed by atoms with Crippen molar-refractivity contribution < 1.29 is 4.74 Å². The standard InChI is InChI=1S/C17H31NO/c1-18-15-13-16(19-12-9-14-7-6-8-14)17(15)10-4-2-3-5-11-17/h14-16,18H,2-13H2,1H3. The third-order valence-corrected chi connectivity index (χ3v) is 6.24. The van der Waals surface area contributed by atoms with Gasteiger partial charge in [0.05, 0.1) is 6.10 Å². The first-order valence-corrected chi connectivity index (χ1v) is 8.64. The zero-order valence-electron chi connectivity index (χ0n) is 12.6. The van der Waals surface area contributed by atoms with Crippen molar-refractivity contribution in [1.82, 2.24) is 5.32 Å². The van der Waals surface area contributed by atoms with E-state index in [2.05, 4.69) is 12.4 Å². The molecule has 2 nitrogen and oxygen atoms in total. The first kappa shape index (κ1) is 13.9. The van der Waals surface area contributed by atoms with E-state index < -0.39 is 0 Å². The summed E-state index contributed by atoms with van der Waals surface area (Å²) in [6.07, 6.45) is 16.0. The van der Waals surface area contributed by atoms with E-state index in [1.165, 1.54) is 70.6 Å². The van der Waals surface area contributed by atoms with Gasteiger partial charge >= 0.3 is 0 Å². The Labute approximate surface area is 118 Å². The van der Waals surface area contributed by atoms with Crippen LogP contribution in [0.2, 0.25) is 0 Å². The van der Waals surface area contributed by atoms with E-state index in [4.69, 9.17) is 4.74 Å². The van der Waals surface area contributed by atoms with Gasteiger partial charge < -0.3 is 10.1 Å². The predicted octanol–water partition coefficient (Wildman–Crippen LogP) is 3.89. The van der Waals surface area contributed by atoms with Crippen molar-refractivity contribution in [3.05, 3.63) is 0 Å². The summed E-state index contributed by atoms with van der Waals surface area (Å²) in [6.45, 7) is 1.02. The Balaban J connectivity index is 1.51. The molecule has 0 saturated heterocycles. The third-order valence-electron chi connectivity index (χ3n) is 6.24. The molecule has 110 valence electrons. The highest BCUT2D eigenvalue weighted by molar-refractivity contribution is 5.07. The molecule has 3 fully saturated rings. The Morgan fingerprint density at radius 2 is 1.79 bits per heavy atom. The molecular formula is C17H31NO. The summed E-state index contributed by atoms with van der Waals surface area (Å²) >= 11 is 0. The van der Waals surface area contributed by atoms with Crippen LogP contribution in [-0.4, -0.2) is 25.8 Å². The summed E-state index contributed by atoms with van der Waals surface area (Å²) in [5.41, 5.74) is 0.491. The summed E-state index contributed by atoms with van der Waals surface area (Å²) in [5, 5.41) is 3.56. The van der Waals surface area contributed by atoms with Crippen LogP contribution in [0, 0.1) is 11.3 Å². The molecule has 0 aliphatic heterocycles. The number of rotatable bonds is 5. The van der Waals surface area contributed by atoms with Crippen LogP contribution in [0.15, 0.2) is 0 Å². The minimum Gasteiger partial charge on any atom is -0.378 e. The Bertz CT molecular complexity index is 279. The van der Waals surface area contributed by atoms with Crippen LogP contribution in [0.4, 0.5) is 0 Å². The van der Waals surface area contributed by atoms with Gasteiger partial charge in [0.1, 0.15) is 0 Å². The number of ether oxygens (including phenoxy) is 1. The fourth-order valence-corrected chi connectivity index (χ4v) is 4.60. The highest BCUT2D eigenvalue weighted by atomic mass is 16.5. The molecule has 2 heteroatoms. The van der Waals surface area contributed by atoms with Gasteiger partial charge in [-0.3, -0.25) is 0 Å². The second kappa shape index (κ2) is 6.13. The number of hydrogen-bond acceptors (Lipinski definition) is 2. The Kier molecular flexibility index (Phi) is 4.48. The van der Waals surface area contributed by atoms with Gasteiger partial charge in [-0.2, -0.15) is 0 Å². The van der Waals surface area contributed by atoms with Crippen molar-refractivity contribution in [2.45, 2.75) is 82.8 Å². The maximum Gasteiger partial charge on any atom is 0.0661 e. The molecule has 19 heavy (non-hydrogen) atoms. The van der Waals surface area contributed by atoms with Crippen LogP contribution in [0.25, 0.3) is 0 Å². The van der Waals surface area contributed by atoms with Crippen LogP contribution in [0.5, 0.6) is 0 Å². The Hall–Kier alpha value is -0.0800. The van der Waals surface area contributed by atoms with Crippen molar-refractivity contribution in [1.29, 1.82) is 0 Å². The van der Waals surface area contributed by atoms with E-state index >= 15 is 0 Å². The fraction of sp³-hybridized carbons (Fsp3) is 1.00. The minimum absolute atomic E-state index is 0.491. The highest BCUT2D eigenvalue weighted by Crippen LogP contribution is 2.52. The molecule has 0 bridgehead atoms. The molecule has 0 aromatic rings. The predicted molar refractivity (Wildman–Crippen MR) is 79.3 cm³/mol. The maximum absolute atomic E-state index is 6.33. The molecule has 2 unspecified atom stereocenters. The zero-order valence-corrected chi connectivity index (χ0v) is 12.6. The van der Waals surface area contributed by atoms with Gasteiger partial charge in [-0.15, -0.1) is 0 Å². The molecule has 2 atom stereocenters. The zero-order chi connectivity index (χ0) is 13.1. The van der Waals surface area contributed by atoms with E-state index in [9.17, 15) is 0 Å². The average Bonchev–Trinajstić information content (AvgIpc) is 2.62. The van der Waals surface area contributed by atoms with E-state index in [1.54, 1.807) is 0 Å². The van der Waals surface area contributed by atoms with Crippen molar-refractivity contribution in [3.8, 4) is 0 Å². The summed E-state index contributed by atoms with van der Waals surface area (Å²) in [7, 11) is 2.14. The van der Waals surface area contributed by atoms with Gasteiger partial charge in [-0.25, -0.2) is 0 Å². The summed E-state index contributed by atoms with van der Waals surface area (Å²) in [6, 6.07) is 0.722. The van der Waals surface area contributed by atoms with Crippen molar-refractivity contribution in [2.24, 2.45) is 11.3 Å². The molecular weight excluding hydrogens is 234 g/mol. The monoisotopic (exact) mass is 265 g/mol. The topological polar surface area (TPSA) is 21.3 Å². The van der Waals surface area contributed by atoms with Gasteiger partial charge in [0.25, 0.3) is 0 Å². The molecule has 1 N–H and O–H groups in total. The lowest BCUT2D eigenvalue weighted by Crippen LogP contribution is -2.63. The Morgan fingerprint density at radius 3 is 2.37 bits per heavy atom. The maximum atomic E-state index is 6.33. The highest BCUT2D eigenvalue weighted by Gasteiger charge is 2.54. The summed E-state index contributed by atoms with van der Waals surface area (Å²) < 4.78 is 6.33. The first-order valence-electron chi connectivity index (χ1n) is 8.64. The summed E-state index contributed by atoms with van der Waals surface area (Å²) in [5.74, 6) is 0.991. The van der Waals surface area contributed by atoms with Gasteiger partial charge in [-0.05, 0) is 38.6 Å². The molecule has 0 radical (unpaired) electrons. The van der Waals surface area contributed by atoms with Gasteiger partial charge in [-0.1, -0.05) is 44.9 Å². The van der Waals surface area contributed by atoms with E-state index in [0.717, 1.165) is 18.6 Å². The Morgan fingerprint density at radius 1 is 1.05 bits per heavy atom. The van der Waals surface area contributed by atoms with Gasteiger partial charge in [0, 0.05) is 18.1 Å². The molecule has 3 aliphatic rings. The van der Waals surface area contributed by atoms with Gasteiger partial charge in [0.2, 0.25) is 0 Å². The third kappa shape index (κ3) is 2.71. The molecule has 3 rings (SSSR count). The smallest absolute Gasteiger partial charge is 0.0661 e. The molecule has 0 amide bonds. The van der Waals surface area contributed by atoms with Crippen LogP contribution in [0.3, 0.4) is 0 Å². The molecule has 0 heterocycles. The van der Waals surface area contributed by atoms with Crippen LogP contribution in [0.1, 0.15) is 70.6 Å². The van der Waals surface area contributed by atoms with Crippen molar-refractivity contribution >= 4 is 0 Å². The molecule has 3 aliphatic carbocycles. The lowest BCUT2D eigenvalue weighted by atomic mass is 9.58. The molecule has 1 spiro atoms. The lowest BCUT2D eigenvalue weighted by molar-refractivity contribution is -0.145. The van der Waals surface area contributed by atoms with Crippen molar-refractivity contribution in [3.63, 3.8) is 0 Å². The first-order chi connectivity index (χ1) is 9.35. The minimum atomic E-state index is 0.491. The quantitative estimate of drug-likeness (QED) is 0.814. The molecule has 0 aromatic heterocycles. The normalized spacial score (nSPS) is 34.6. The molecule has 0 aromatic carbocycles.